The van der Waals surface area contributed by atoms with Gasteiger partial charge in [-0.15, -0.1) is 0 Å². The SMILES string of the molecule is CCC1CCCN1CCC(C)NC. The Morgan fingerprint density at radius 2 is 2.31 bits per heavy atom. The minimum atomic E-state index is 0.665. The van der Waals surface area contributed by atoms with Gasteiger partial charge in [0.25, 0.3) is 0 Å². The maximum absolute atomic E-state index is 3.30. The van der Waals surface area contributed by atoms with Gasteiger partial charge in [-0.05, 0) is 52.7 Å². The van der Waals surface area contributed by atoms with Crippen LogP contribution in [0.1, 0.15) is 39.5 Å². The first-order valence-electron chi connectivity index (χ1n) is 5.69. The summed E-state index contributed by atoms with van der Waals surface area (Å²) in [6.07, 6.45) is 5.44. The van der Waals surface area contributed by atoms with Gasteiger partial charge in [0, 0.05) is 12.1 Å². The number of hydrogen-bond donors (Lipinski definition) is 1. The predicted molar refractivity (Wildman–Crippen MR) is 58.0 cm³/mol. The van der Waals surface area contributed by atoms with Crippen LogP contribution in [0, 0.1) is 0 Å². The van der Waals surface area contributed by atoms with Crippen molar-refractivity contribution in [1.29, 1.82) is 0 Å². The second-order valence-corrected chi connectivity index (χ2v) is 4.22. The van der Waals surface area contributed by atoms with Gasteiger partial charge in [-0.2, -0.15) is 0 Å². The van der Waals surface area contributed by atoms with Crippen molar-refractivity contribution in [3.05, 3.63) is 0 Å². The van der Waals surface area contributed by atoms with Gasteiger partial charge in [0.15, 0.2) is 0 Å². The molecule has 2 nitrogen and oxygen atoms in total. The van der Waals surface area contributed by atoms with Gasteiger partial charge in [-0.25, -0.2) is 0 Å². The lowest BCUT2D eigenvalue weighted by Crippen LogP contribution is -2.33. The smallest absolute Gasteiger partial charge is 0.00931 e. The largest absolute Gasteiger partial charge is 0.317 e. The van der Waals surface area contributed by atoms with Gasteiger partial charge in [0.05, 0.1) is 0 Å². The van der Waals surface area contributed by atoms with Crippen molar-refractivity contribution in [3.8, 4) is 0 Å². The molecule has 1 rings (SSSR count). The molecule has 0 spiro atoms. The van der Waals surface area contributed by atoms with Gasteiger partial charge in [0.1, 0.15) is 0 Å². The Morgan fingerprint density at radius 3 is 2.92 bits per heavy atom. The molecule has 1 heterocycles. The zero-order valence-corrected chi connectivity index (χ0v) is 9.34. The van der Waals surface area contributed by atoms with E-state index in [-0.39, 0.29) is 0 Å². The van der Waals surface area contributed by atoms with Gasteiger partial charge in [-0.3, -0.25) is 0 Å². The number of rotatable bonds is 5. The molecule has 0 saturated carbocycles. The van der Waals surface area contributed by atoms with E-state index in [1.807, 2.05) is 7.05 Å². The van der Waals surface area contributed by atoms with Crippen LogP contribution in [-0.4, -0.2) is 37.1 Å². The molecule has 0 amide bonds. The van der Waals surface area contributed by atoms with E-state index in [9.17, 15) is 0 Å². The minimum Gasteiger partial charge on any atom is -0.317 e. The molecule has 1 saturated heterocycles. The maximum Gasteiger partial charge on any atom is 0.00931 e. The topological polar surface area (TPSA) is 15.3 Å². The third kappa shape index (κ3) is 3.28. The van der Waals surface area contributed by atoms with Gasteiger partial charge in [-0.1, -0.05) is 6.92 Å². The Hall–Kier alpha value is -0.0800. The summed E-state index contributed by atoms with van der Waals surface area (Å²) in [5.41, 5.74) is 0. The molecule has 0 aromatic rings. The molecule has 1 N–H and O–H groups in total. The van der Waals surface area contributed by atoms with E-state index in [2.05, 4.69) is 24.1 Å². The van der Waals surface area contributed by atoms with Crippen LogP contribution < -0.4 is 5.32 Å². The van der Waals surface area contributed by atoms with Crippen molar-refractivity contribution in [2.45, 2.75) is 51.6 Å². The predicted octanol–water partition coefficient (Wildman–Crippen LogP) is 1.86. The molecule has 1 aliphatic heterocycles. The molecular weight excluding hydrogens is 160 g/mol. The van der Waals surface area contributed by atoms with Crippen LogP contribution in [0.15, 0.2) is 0 Å². The lowest BCUT2D eigenvalue weighted by molar-refractivity contribution is 0.237. The highest BCUT2D eigenvalue weighted by Crippen LogP contribution is 2.19. The molecule has 2 heteroatoms. The third-order valence-corrected chi connectivity index (χ3v) is 3.31. The van der Waals surface area contributed by atoms with E-state index >= 15 is 0 Å². The second kappa shape index (κ2) is 5.61. The molecule has 0 radical (unpaired) electrons. The van der Waals surface area contributed by atoms with E-state index in [4.69, 9.17) is 0 Å². The van der Waals surface area contributed by atoms with Gasteiger partial charge in [0.2, 0.25) is 0 Å². The Labute approximate surface area is 82.7 Å². The quantitative estimate of drug-likeness (QED) is 0.701. The average molecular weight is 184 g/mol. The number of hydrogen-bond acceptors (Lipinski definition) is 2. The summed E-state index contributed by atoms with van der Waals surface area (Å²) < 4.78 is 0. The van der Waals surface area contributed by atoms with Crippen molar-refractivity contribution in [2.75, 3.05) is 20.1 Å². The first kappa shape index (κ1) is 11.0. The number of nitrogens with one attached hydrogen (secondary N) is 1. The monoisotopic (exact) mass is 184 g/mol. The Balaban J connectivity index is 2.19. The molecule has 0 aromatic heterocycles. The van der Waals surface area contributed by atoms with E-state index < -0.39 is 0 Å². The number of nitrogens with zero attached hydrogens (tertiary/aromatic N) is 1. The van der Waals surface area contributed by atoms with Crippen LogP contribution in [0.4, 0.5) is 0 Å². The maximum atomic E-state index is 3.30. The fraction of sp³-hybridized carbons (Fsp3) is 1.00. The lowest BCUT2D eigenvalue weighted by atomic mass is 10.1. The Bertz CT molecular complexity index is 136. The highest BCUT2D eigenvalue weighted by Gasteiger charge is 2.22. The van der Waals surface area contributed by atoms with Crippen LogP contribution >= 0.6 is 0 Å². The standard InChI is InChI=1S/C11H24N2/c1-4-11-6-5-8-13(11)9-7-10(2)12-3/h10-12H,4-9H2,1-3H3. The number of likely N-dealkylation sites (tertiary alicyclic amines) is 1. The highest BCUT2D eigenvalue weighted by atomic mass is 15.2. The normalized spacial score (nSPS) is 26.5. The summed E-state index contributed by atoms with van der Waals surface area (Å²) in [5, 5.41) is 3.30. The van der Waals surface area contributed by atoms with Crippen molar-refractivity contribution in [2.24, 2.45) is 0 Å². The van der Waals surface area contributed by atoms with Crippen LogP contribution in [0.5, 0.6) is 0 Å². The summed E-state index contributed by atoms with van der Waals surface area (Å²) in [7, 11) is 2.05. The molecule has 78 valence electrons. The second-order valence-electron chi connectivity index (χ2n) is 4.22. The molecular formula is C11H24N2. The first-order valence-corrected chi connectivity index (χ1v) is 5.69. The third-order valence-electron chi connectivity index (χ3n) is 3.31. The first-order chi connectivity index (χ1) is 6.27. The van der Waals surface area contributed by atoms with Gasteiger partial charge < -0.3 is 10.2 Å². The Kier molecular flexibility index (Phi) is 4.74. The summed E-state index contributed by atoms with van der Waals surface area (Å²) >= 11 is 0. The zero-order valence-electron chi connectivity index (χ0n) is 9.34. The molecule has 1 aliphatic rings. The highest BCUT2D eigenvalue weighted by molar-refractivity contribution is 4.78. The average Bonchev–Trinajstić information content (AvgIpc) is 2.61. The van der Waals surface area contributed by atoms with Crippen LogP contribution in [0.3, 0.4) is 0 Å². The van der Waals surface area contributed by atoms with Gasteiger partial charge >= 0.3 is 0 Å². The molecule has 1 fully saturated rings. The summed E-state index contributed by atoms with van der Waals surface area (Å²) in [4.78, 5) is 2.66. The Morgan fingerprint density at radius 1 is 1.54 bits per heavy atom. The van der Waals surface area contributed by atoms with Crippen molar-refractivity contribution >= 4 is 0 Å². The van der Waals surface area contributed by atoms with E-state index in [0.29, 0.717) is 6.04 Å². The van der Waals surface area contributed by atoms with Crippen molar-refractivity contribution in [1.82, 2.24) is 10.2 Å². The fourth-order valence-electron chi connectivity index (χ4n) is 2.16. The lowest BCUT2D eigenvalue weighted by Gasteiger charge is -2.24. The summed E-state index contributed by atoms with van der Waals surface area (Å²) in [6, 6.07) is 1.54. The molecule has 2 atom stereocenters. The van der Waals surface area contributed by atoms with Crippen molar-refractivity contribution in [3.63, 3.8) is 0 Å². The molecule has 0 bridgehead atoms. The molecule has 0 aliphatic carbocycles. The summed E-state index contributed by atoms with van der Waals surface area (Å²) in [6.45, 7) is 7.18. The molecule has 2 unspecified atom stereocenters. The van der Waals surface area contributed by atoms with Crippen LogP contribution in [-0.2, 0) is 0 Å². The van der Waals surface area contributed by atoms with Crippen LogP contribution in [0.25, 0.3) is 0 Å². The molecule has 0 aromatic carbocycles. The van der Waals surface area contributed by atoms with E-state index in [0.717, 1.165) is 6.04 Å². The fourth-order valence-corrected chi connectivity index (χ4v) is 2.16. The van der Waals surface area contributed by atoms with E-state index in [1.54, 1.807) is 0 Å². The van der Waals surface area contributed by atoms with E-state index in [1.165, 1.54) is 38.8 Å². The zero-order chi connectivity index (χ0) is 9.68. The summed E-state index contributed by atoms with van der Waals surface area (Å²) in [5.74, 6) is 0. The minimum absolute atomic E-state index is 0.665. The van der Waals surface area contributed by atoms with Crippen molar-refractivity contribution < 1.29 is 0 Å². The van der Waals surface area contributed by atoms with Crippen LogP contribution in [0.2, 0.25) is 0 Å². The molecule has 13 heavy (non-hydrogen) atoms.